The Balaban J connectivity index is 2.43. The molecule has 0 fully saturated rings. The van der Waals surface area contributed by atoms with Crippen molar-refractivity contribution in [2.24, 2.45) is 5.73 Å². The molecule has 1 aromatic carbocycles. The molecule has 82 valence electrons. The third kappa shape index (κ3) is 3.67. The molecule has 1 unspecified atom stereocenters. The normalized spacial score (nSPS) is 12.2. The fourth-order valence-electron chi connectivity index (χ4n) is 1.24. The van der Waals surface area contributed by atoms with E-state index in [-0.39, 0.29) is 5.82 Å². The molecule has 0 saturated carbocycles. The maximum absolute atomic E-state index is 12.6. The van der Waals surface area contributed by atoms with Crippen LogP contribution in [0.15, 0.2) is 24.3 Å². The van der Waals surface area contributed by atoms with E-state index in [1.807, 2.05) is 0 Å². The topological polar surface area (TPSA) is 52.3 Å². The zero-order valence-corrected chi connectivity index (χ0v) is 8.57. The SMILES string of the molecule is COC(=O)C(N)CCc1ccc(F)cc1. The molecule has 0 spiro atoms. The maximum Gasteiger partial charge on any atom is 0.322 e. The van der Waals surface area contributed by atoms with Crippen LogP contribution in [-0.2, 0) is 16.0 Å². The number of esters is 1. The Morgan fingerprint density at radius 1 is 1.47 bits per heavy atom. The standard InChI is InChI=1S/C11H14FNO2/c1-15-11(14)10(13)7-4-8-2-5-9(12)6-3-8/h2-3,5-6,10H,4,7,13H2,1H3. The monoisotopic (exact) mass is 211 g/mol. The Labute approximate surface area is 88.0 Å². The van der Waals surface area contributed by atoms with E-state index in [1.165, 1.54) is 19.2 Å². The smallest absolute Gasteiger partial charge is 0.322 e. The van der Waals surface area contributed by atoms with Gasteiger partial charge in [0.05, 0.1) is 7.11 Å². The summed E-state index contributed by atoms with van der Waals surface area (Å²) in [5.41, 5.74) is 6.51. The van der Waals surface area contributed by atoms with Crippen LogP contribution in [0.4, 0.5) is 4.39 Å². The van der Waals surface area contributed by atoms with Crippen LogP contribution in [0, 0.1) is 5.82 Å². The van der Waals surface area contributed by atoms with E-state index in [2.05, 4.69) is 4.74 Å². The number of hydrogen-bond donors (Lipinski definition) is 1. The first-order chi connectivity index (χ1) is 7.13. The van der Waals surface area contributed by atoms with E-state index < -0.39 is 12.0 Å². The van der Waals surface area contributed by atoms with Crippen molar-refractivity contribution in [2.75, 3.05) is 7.11 Å². The highest BCUT2D eigenvalue weighted by Crippen LogP contribution is 2.06. The molecule has 0 aliphatic carbocycles. The minimum Gasteiger partial charge on any atom is -0.468 e. The van der Waals surface area contributed by atoms with Crippen molar-refractivity contribution in [1.82, 2.24) is 0 Å². The Morgan fingerprint density at radius 2 is 2.07 bits per heavy atom. The van der Waals surface area contributed by atoms with Gasteiger partial charge in [0, 0.05) is 0 Å². The van der Waals surface area contributed by atoms with Gasteiger partial charge in [-0.05, 0) is 30.5 Å². The number of aryl methyl sites for hydroxylation is 1. The largest absolute Gasteiger partial charge is 0.468 e. The first kappa shape index (κ1) is 11.7. The lowest BCUT2D eigenvalue weighted by Crippen LogP contribution is -2.31. The zero-order chi connectivity index (χ0) is 11.3. The number of nitrogens with two attached hydrogens (primary N) is 1. The molecule has 0 aliphatic heterocycles. The summed E-state index contributed by atoms with van der Waals surface area (Å²) in [6.45, 7) is 0. The summed E-state index contributed by atoms with van der Waals surface area (Å²) < 4.78 is 17.1. The average Bonchev–Trinajstić information content (AvgIpc) is 2.26. The maximum atomic E-state index is 12.6. The molecule has 1 atom stereocenters. The van der Waals surface area contributed by atoms with Crippen LogP contribution in [0.25, 0.3) is 0 Å². The second-order valence-electron chi connectivity index (χ2n) is 3.29. The molecule has 0 bridgehead atoms. The van der Waals surface area contributed by atoms with E-state index in [0.717, 1.165) is 5.56 Å². The van der Waals surface area contributed by atoms with Gasteiger partial charge in [0.25, 0.3) is 0 Å². The highest BCUT2D eigenvalue weighted by atomic mass is 19.1. The molecule has 4 heteroatoms. The Kier molecular flexibility index (Phi) is 4.24. The summed E-state index contributed by atoms with van der Waals surface area (Å²) >= 11 is 0. The fourth-order valence-corrected chi connectivity index (χ4v) is 1.24. The molecule has 0 radical (unpaired) electrons. The van der Waals surface area contributed by atoms with Crippen LogP contribution < -0.4 is 5.73 Å². The molecular formula is C11H14FNO2. The van der Waals surface area contributed by atoms with Gasteiger partial charge in [-0.1, -0.05) is 12.1 Å². The molecule has 0 heterocycles. The third-order valence-electron chi connectivity index (χ3n) is 2.16. The number of carbonyl (C=O) groups is 1. The number of benzene rings is 1. The molecular weight excluding hydrogens is 197 g/mol. The summed E-state index contributed by atoms with van der Waals surface area (Å²) in [5, 5.41) is 0. The molecule has 0 saturated heterocycles. The first-order valence-corrected chi connectivity index (χ1v) is 4.71. The van der Waals surface area contributed by atoms with Crippen molar-refractivity contribution >= 4 is 5.97 Å². The zero-order valence-electron chi connectivity index (χ0n) is 8.57. The second kappa shape index (κ2) is 5.46. The van der Waals surface area contributed by atoms with Crippen LogP contribution in [0.1, 0.15) is 12.0 Å². The lowest BCUT2D eigenvalue weighted by Gasteiger charge is -2.08. The predicted molar refractivity (Wildman–Crippen MR) is 54.7 cm³/mol. The van der Waals surface area contributed by atoms with Crippen molar-refractivity contribution in [2.45, 2.75) is 18.9 Å². The van der Waals surface area contributed by atoms with E-state index >= 15 is 0 Å². The minimum atomic E-state index is -0.611. The molecule has 0 aliphatic rings. The number of carbonyl (C=O) groups excluding carboxylic acids is 1. The van der Waals surface area contributed by atoms with Crippen LogP contribution in [0.2, 0.25) is 0 Å². The summed E-state index contributed by atoms with van der Waals surface area (Å²) in [6.07, 6.45) is 1.13. The van der Waals surface area contributed by atoms with Gasteiger partial charge in [-0.2, -0.15) is 0 Å². The van der Waals surface area contributed by atoms with Gasteiger partial charge in [0.1, 0.15) is 11.9 Å². The number of methoxy groups -OCH3 is 1. The number of ether oxygens (including phenoxy) is 1. The fraction of sp³-hybridized carbons (Fsp3) is 0.364. The van der Waals surface area contributed by atoms with Gasteiger partial charge >= 0.3 is 5.97 Å². The van der Waals surface area contributed by atoms with Crippen LogP contribution in [0.5, 0.6) is 0 Å². The third-order valence-corrected chi connectivity index (χ3v) is 2.16. The van der Waals surface area contributed by atoms with Gasteiger partial charge in [0.2, 0.25) is 0 Å². The second-order valence-corrected chi connectivity index (χ2v) is 3.29. The Hall–Kier alpha value is -1.42. The molecule has 0 aromatic heterocycles. The van der Waals surface area contributed by atoms with E-state index in [1.54, 1.807) is 12.1 Å². The van der Waals surface area contributed by atoms with E-state index in [4.69, 9.17) is 5.73 Å². The first-order valence-electron chi connectivity index (χ1n) is 4.71. The summed E-state index contributed by atoms with van der Waals surface area (Å²) in [7, 11) is 1.31. The van der Waals surface area contributed by atoms with Gasteiger partial charge < -0.3 is 10.5 Å². The molecule has 15 heavy (non-hydrogen) atoms. The van der Waals surface area contributed by atoms with Crippen molar-refractivity contribution in [1.29, 1.82) is 0 Å². The van der Waals surface area contributed by atoms with E-state index in [9.17, 15) is 9.18 Å². The molecule has 1 rings (SSSR count). The summed E-state index contributed by atoms with van der Waals surface area (Å²) in [4.78, 5) is 11.0. The lowest BCUT2D eigenvalue weighted by molar-refractivity contribution is -0.142. The Bertz CT molecular complexity index is 324. The number of halogens is 1. The van der Waals surface area contributed by atoms with Crippen LogP contribution in [-0.4, -0.2) is 19.1 Å². The predicted octanol–water partition coefficient (Wildman–Crippen LogP) is 1.26. The molecule has 2 N–H and O–H groups in total. The molecule has 3 nitrogen and oxygen atoms in total. The van der Waals surface area contributed by atoms with Crippen molar-refractivity contribution in [3.8, 4) is 0 Å². The summed E-state index contributed by atoms with van der Waals surface area (Å²) in [5.74, 6) is -0.687. The number of rotatable bonds is 4. The van der Waals surface area contributed by atoms with Crippen molar-refractivity contribution in [3.63, 3.8) is 0 Å². The van der Waals surface area contributed by atoms with Crippen LogP contribution >= 0.6 is 0 Å². The summed E-state index contributed by atoms with van der Waals surface area (Å²) in [6, 6.07) is 5.52. The number of hydrogen-bond acceptors (Lipinski definition) is 3. The van der Waals surface area contributed by atoms with Crippen LogP contribution in [0.3, 0.4) is 0 Å². The van der Waals surface area contributed by atoms with Gasteiger partial charge in [-0.3, -0.25) is 4.79 Å². The van der Waals surface area contributed by atoms with Gasteiger partial charge in [-0.25, -0.2) is 4.39 Å². The Morgan fingerprint density at radius 3 is 2.60 bits per heavy atom. The van der Waals surface area contributed by atoms with E-state index in [0.29, 0.717) is 12.8 Å². The van der Waals surface area contributed by atoms with Gasteiger partial charge in [-0.15, -0.1) is 0 Å². The quantitative estimate of drug-likeness (QED) is 0.763. The highest BCUT2D eigenvalue weighted by molar-refractivity contribution is 5.75. The molecule has 1 aromatic rings. The van der Waals surface area contributed by atoms with Crippen molar-refractivity contribution < 1.29 is 13.9 Å². The highest BCUT2D eigenvalue weighted by Gasteiger charge is 2.12. The average molecular weight is 211 g/mol. The lowest BCUT2D eigenvalue weighted by atomic mass is 10.1. The van der Waals surface area contributed by atoms with Gasteiger partial charge in [0.15, 0.2) is 0 Å². The minimum absolute atomic E-state index is 0.268. The van der Waals surface area contributed by atoms with Crippen molar-refractivity contribution in [3.05, 3.63) is 35.6 Å². The molecule has 0 amide bonds.